The van der Waals surface area contributed by atoms with Crippen molar-refractivity contribution in [3.05, 3.63) is 46.8 Å². The molecule has 3 aromatic rings. The maximum absolute atomic E-state index is 9.77. The summed E-state index contributed by atoms with van der Waals surface area (Å²) in [6, 6.07) is 5.67. The van der Waals surface area contributed by atoms with Crippen LogP contribution in [0.1, 0.15) is 30.2 Å². The Balaban J connectivity index is 0.00000156. The third-order valence-corrected chi connectivity index (χ3v) is 4.13. The molecule has 1 aliphatic heterocycles. The predicted octanol–water partition coefficient (Wildman–Crippen LogP) is 2.93. The van der Waals surface area contributed by atoms with E-state index in [0.717, 1.165) is 22.6 Å². The maximum Gasteiger partial charge on any atom is 0.179 e. The molecule has 1 unspecified atom stereocenters. The molecule has 1 aliphatic rings. The second kappa shape index (κ2) is 5.63. The Hall–Kier alpha value is -1.89. The van der Waals surface area contributed by atoms with E-state index in [0.29, 0.717) is 23.2 Å². The molecule has 0 amide bonds. The molecule has 1 atom stereocenters. The minimum Gasteiger partial charge on any atom is -0.385 e. The van der Waals surface area contributed by atoms with Crippen molar-refractivity contribution in [2.75, 3.05) is 0 Å². The number of halogens is 2. The van der Waals surface area contributed by atoms with Gasteiger partial charge in [-0.25, -0.2) is 14.6 Å². The number of imidazole rings is 1. The lowest BCUT2D eigenvalue weighted by Crippen LogP contribution is -2.06. The van der Waals surface area contributed by atoms with Gasteiger partial charge in [-0.1, -0.05) is 11.6 Å². The van der Waals surface area contributed by atoms with Crippen LogP contribution in [0.15, 0.2) is 24.5 Å². The van der Waals surface area contributed by atoms with Gasteiger partial charge in [-0.3, -0.25) is 0 Å². The molecule has 0 radical (unpaired) electrons. The van der Waals surface area contributed by atoms with E-state index in [1.165, 1.54) is 0 Å². The highest BCUT2D eigenvalue weighted by molar-refractivity contribution is 6.31. The summed E-state index contributed by atoms with van der Waals surface area (Å²) >= 11 is 6.17. The fraction of sp³-hybridized carbons (Fsp3) is 0.267. The fourth-order valence-electron chi connectivity index (χ4n) is 2.75. The molecule has 4 rings (SSSR count). The van der Waals surface area contributed by atoms with Gasteiger partial charge in [0.05, 0.1) is 29.9 Å². The van der Waals surface area contributed by atoms with Crippen LogP contribution in [0.25, 0.3) is 17.1 Å². The normalized spacial score (nSPS) is 13.4. The van der Waals surface area contributed by atoms with Gasteiger partial charge >= 0.3 is 0 Å². The Morgan fingerprint density at radius 2 is 2.13 bits per heavy atom. The van der Waals surface area contributed by atoms with Gasteiger partial charge in [0.2, 0.25) is 0 Å². The van der Waals surface area contributed by atoms with E-state index in [4.69, 9.17) is 11.6 Å². The van der Waals surface area contributed by atoms with Crippen LogP contribution in [0.5, 0.6) is 0 Å². The Kier molecular flexibility index (Phi) is 3.91. The second-order valence-corrected chi connectivity index (χ2v) is 5.87. The summed E-state index contributed by atoms with van der Waals surface area (Å²) in [6.07, 6.45) is 1.09. The average Bonchev–Trinajstić information content (AvgIpc) is 3.02. The minimum absolute atomic E-state index is 0. The van der Waals surface area contributed by atoms with E-state index < -0.39 is 6.10 Å². The summed E-state index contributed by atoms with van der Waals surface area (Å²) in [5, 5.41) is 14.8. The zero-order valence-corrected chi connectivity index (χ0v) is 14.1. The van der Waals surface area contributed by atoms with Crippen molar-refractivity contribution < 1.29 is 5.11 Å². The Morgan fingerprint density at radius 3 is 2.87 bits per heavy atom. The number of hydrogen-bond donors (Lipinski definition) is 1. The van der Waals surface area contributed by atoms with Gasteiger partial charge in [-0.05, 0) is 32.0 Å². The van der Waals surface area contributed by atoms with E-state index in [9.17, 15) is 5.11 Å². The molecule has 120 valence electrons. The first-order valence-corrected chi connectivity index (χ1v) is 7.38. The van der Waals surface area contributed by atoms with Crippen LogP contribution < -0.4 is 0 Å². The van der Waals surface area contributed by atoms with Crippen LogP contribution in [0, 0.1) is 6.92 Å². The minimum atomic E-state index is -0.715. The molecule has 3 heterocycles. The van der Waals surface area contributed by atoms with Crippen molar-refractivity contribution in [3.8, 4) is 17.1 Å². The van der Waals surface area contributed by atoms with Crippen molar-refractivity contribution >= 4 is 24.0 Å². The Morgan fingerprint density at radius 1 is 1.35 bits per heavy atom. The number of nitrogens with zero attached hydrogens (tertiary/aromatic N) is 5. The van der Waals surface area contributed by atoms with Gasteiger partial charge < -0.3 is 9.67 Å². The summed E-state index contributed by atoms with van der Waals surface area (Å²) in [6.45, 7) is 4.18. The van der Waals surface area contributed by atoms with E-state index in [1.54, 1.807) is 17.9 Å². The number of aromatic nitrogens is 5. The van der Waals surface area contributed by atoms with Crippen LogP contribution in [0.4, 0.5) is 0 Å². The van der Waals surface area contributed by atoms with Crippen LogP contribution >= 0.6 is 24.0 Å². The first kappa shape index (κ1) is 16.0. The summed E-state index contributed by atoms with van der Waals surface area (Å²) in [5.74, 6) is 1.11. The van der Waals surface area contributed by atoms with Crippen molar-refractivity contribution in [2.24, 2.45) is 0 Å². The third-order valence-electron chi connectivity index (χ3n) is 3.90. The Bertz CT molecular complexity index is 884. The smallest absolute Gasteiger partial charge is 0.179 e. The monoisotopic (exact) mass is 351 g/mol. The highest BCUT2D eigenvalue weighted by atomic mass is 35.5. The molecular formula is C15H15Cl2N5O. The van der Waals surface area contributed by atoms with Gasteiger partial charge in [0, 0.05) is 10.6 Å². The van der Waals surface area contributed by atoms with Crippen LogP contribution in [-0.4, -0.2) is 29.4 Å². The fourth-order valence-corrected chi connectivity index (χ4v) is 2.92. The zero-order chi connectivity index (χ0) is 15.4. The van der Waals surface area contributed by atoms with Crippen LogP contribution in [0.2, 0.25) is 5.02 Å². The molecule has 0 saturated carbocycles. The average molecular weight is 352 g/mol. The highest BCUT2D eigenvalue weighted by Crippen LogP contribution is 2.33. The topological polar surface area (TPSA) is 68.8 Å². The molecule has 6 nitrogen and oxygen atoms in total. The molecule has 8 heteroatoms. The van der Waals surface area contributed by atoms with Crippen molar-refractivity contribution in [1.82, 2.24) is 24.3 Å². The molecule has 2 aromatic heterocycles. The predicted molar refractivity (Wildman–Crippen MR) is 89.3 cm³/mol. The highest BCUT2D eigenvalue weighted by Gasteiger charge is 2.24. The van der Waals surface area contributed by atoms with Gasteiger partial charge in [0.1, 0.15) is 6.10 Å². The molecule has 0 saturated heterocycles. The van der Waals surface area contributed by atoms with Gasteiger partial charge in [-0.15, -0.1) is 12.4 Å². The number of fused-ring (bicyclic) bond motifs is 5. The van der Waals surface area contributed by atoms with Crippen LogP contribution in [-0.2, 0) is 6.54 Å². The van der Waals surface area contributed by atoms with E-state index in [2.05, 4.69) is 15.1 Å². The standard InChI is InChI=1S/C15H14ClN5O.ClH/c1-8-13-6-21-15(18-14(19-21)9(2)22)11-5-10(16)3-4-12(11)20(13)7-17-8;/h3-5,7,9,22H,6H2,1-2H3;1H. The number of aryl methyl sites for hydroxylation is 1. The molecule has 0 aliphatic carbocycles. The van der Waals surface area contributed by atoms with Crippen molar-refractivity contribution in [3.63, 3.8) is 0 Å². The van der Waals surface area contributed by atoms with E-state index >= 15 is 0 Å². The van der Waals surface area contributed by atoms with E-state index in [-0.39, 0.29) is 12.4 Å². The largest absolute Gasteiger partial charge is 0.385 e. The quantitative estimate of drug-likeness (QED) is 0.572. The molecule has 0 bridgehead atoms. The molecular weight excluding hydrogens is 337 g/mol. The van der Waals surface area contributed by atoms with Crippen molar-refractivity contribution in [2.45, 2.75) is 26.5 Å². The molecule has 1 aromatic carbocycles. The zero-order valence-electron chi connectivity index (χ0n) is 12.6. The summed E-state index contributed by atoms with van der Waals surface area (Å²) in [7, 11) is 0. The Labute approximate surface area is 144 Å². The maximum atomic E-state index is 9.77. The summed E-state index contributed by atoms with van der Waals surface area (Å²) < 4.78 is 3.84. The molecule has 1 N–H and O–H groups in total. The lowest BCUT2D eigenvalue weighted by Gasteiger charge is -2.08. The van der Waals surface area contributed by atoms with Gasteiger partial charge in [-0.2, -0.15) is 5.10 Å². The van der Waals surface area contributed by atoms with Crippen molar-refractivity contribution in [1.29, 1.82) is 0 Å². The number of benzene rings is 1. The first-order chi connectivity index (χ1) is 10.5. The van der Waals surface area contributed by atoms with Gasteiger partial charge in [0.25, 0.3) is 0 Å². The van der Waals surface area contributed by atoms with Crippen LogP contribution in [0.3, 0.4) is 0 Å². The molecule has 0 fully saturated rings. The lowest BCUT2D eigenvalue weighted by atomic mass is 10.1. The second-order valence-electron chi connectivity index (χ2n) is 5.44. The number of rotatable bonds is 1. The number of aliphatic hydroxyl groups is 1. The number of hydrogen-bond acceptors (Lipinski definition) is 4. The molecule has 23 heavy (non-hydrogen) atoms. The molecule has 0 spiro atoms. The van der Waals surface area contributed by atoms with Gasteiger partial charge in [0.15, 0.2) is 11.6 Å². The summed E-state index contributed by atoms with van der Waals surface area (Å²) in [5.41, 5.74) is 3.83. The lowest BCUT2D eigenvalue weighted by molar-refractivity contribution is 0.188. The SMILES string of the molecule is Cc1ncn2c1Cn1nc(C(C)O)nc1-c1cc(Cl)ccc1-2.Cl. The summed E-state index contributed by atoms with van der Waals surface area (Å²) in [4.78, 5) is 8.89. The number of aliphatic hydroxyl groups excluding tert-OH is 1. The first-order valence-electron chi connectivity index (χ1n) is 7.00. The van der Waals surface area contributed by atoms with E-state index in [1.807, 2.05) is 29.7 Å². The third kappa shape index (κ3) is 2.43.